The number of fused-ring (bicyclic) bond motifs is 2. The van der Waals surface area contributed by atoms with Gasteiger partial charge in [-0.2, -0.15) is 0 Å². The Kier molecular flexibility index (Phi) is 2.07. The molecule has 2 nitrogen and oxygen atoms in total. The number of carbonyl (C=O) groups is 1. The van der Waals surface area contributed by atoms with Gasteiger partial charge in [-0.05, 0) is 55.4 Å². The van der Waals surface area contributed by atoms with Gasteiger partial charge in [-0.15, -0.1) is 0 Å². The summed E-state index contributed by atoms with van der Waals surface area (Å²) in [6.45, 7) is 0. The molecule has 0 radical (unpaired) electrons. The molecule has 1 heterocycles. The molecule has 1 aromatic carbocycles. The molecule has 90 valence electrons. The largest absolute Gasteiger partial charge is 0.294 e. The van der Waals surface area contributed by atoms with Crippen LogP contribution in [0.15, 0.2) is 36.5 Å². The molecule has 2 fully saturated rings. The predicted octanol–water partition coefficient (Wildman–Crippen LogP) is 3.46. The van der Waals surface area contributed by atoms with Crippen LogP contribution in [-0.2, 0) is 0 Å². The summed E-state index contributed by atoms with van der Waals surface area (Å²) in [6, 6.07) is 9.82. The number of ketones is 1. The molecule has 0 bridgehead atoms. The molecule has 0 saturated heterocycles. The molecular weight excluding hydrogens is 222 g/mol. The lowest BCUT2D eigenvalue weighted by molar-refractivity contribution is 0.0914. The lowest BCUT2D eigenvalue weighted by atomic mass is 9.92. The van der Waals surface area contributed by atoms with Gasteiger partial charge < -0.3 is 0 Å². The molecule has 0 amide bonds. The van der Waals surface area contributed by atoms with Crippen molar-refractivity contribution in [3.63, 3.8) is 0 Å². The molecule has 4 rings (SSSR count). The monoisotopic (exact) mass is 237 g/mol. The zero-order chi connectivity index (χ0) is 12.1. The topological polar surface area (TPSA) is 30.0 Å². The van der Waals surface area contributed by atoms with Crippen LogP contribution >= 0.6 is 0 Å². The summed E-state index contributed by atoms with van der Waals surface area (Å²) in [4.78, 5) is 16.7. The Balaban J connectivity index is 1.67. The number of hydrogen-bond acceptors (Lipinski definition) is 2. The maximum atomic E-state index is 12.4. The maximum absolute atomic E-state index is 12.4. The molecule has 18 heavy (non-hydrogen) atoms. The number of pyridine rings is 1. The summed E-state index contributed by atoms with van der Waals surface area (Å²) in [5.74, 6) is 2.35. The second-order valence-electron chi connectivity index (χ2n) is 5.70. The molecule has 2 atom stereocenters. The molecule has 0 spiro atoms. The molecule has 2 unspecified atom stereocenters. The predicted molar refractivity (Wildman–Crippen MR) is 70.4 cm³/mol. The van der Waals surface area contributed by atoms with Gasteiger partial charge in [0.1, 0.15) is 0 Å². The highest BCUT2D eigenvalue weighted by atomic mass is 16.1. The van der Waals surface area contributed by atoms with Crippen LogP contribution in [0.25, 0.3) is 10.9 Å². The van der Waals surface area contributed by atoms with Crippen LogP contribution in [0.1, 0.15) is 29.6 Å². The first-order chi connectivity index (χ1) is 8.81. The first-order valence-corrected chi connectivity index (χ1v) is 6.70. The van der Waals surface area contributed by atoms with Crippen molar-refractivity contribution < 1.29 is 4.79 Å². The summed E-state index contributed by atoms with van der Waals surface area (Å²) in [5, 5.41) is 1.06. The minimum absolute atomic E-state index is 0.280. The Bertz CT molecular complexity index is 624. The van der Waals surface area contributed by atoms with E-state index >= 15 is 0 Å². The van der Waals surface area contributed by atoms with E-state index in [0.717, 1.165) is 41.1 Å². The van der Waals surface area contributed by atoms with Crippen molar-refractivity contribution in [2.45, 2.75) is 19.3 Å². The van der Waals surface area contributed by atoms with E-state index in [1.54, 1.807) is 6.20 Å². The standard InChI is InChI=1S/C16H15NO/c18-16(14-8-12-7-13(12)9-14)11-3-4-15-10(6-11)2-1-5-17-15/h1-6,12-14H,7-9H2. The number of Topliss-reactive ketones (excluding diaryl/α,β-unsaturated/α-hetero) is 1. The molecular formula is C16H15NO. The van der Waals surface area contributed by atoms with Gasteiger partial charge in [0.2, 0.25) is 0 Å². The number of nitrogens with zero attached hydrogens (tertiary/aromatic N) is 1. The van der Waals surface area contributed by atoms with Crippen LogP contribution in [-0.4, -0.2) is 10.8 Å². The molecule has 2 saturated carbocycles. The summed E-state index contributed by atoms with van der Waals surface area (Å²) in [7, 11) is 0. The van der Waals surface area contributed by atoms with Gasteiger partial charge in [-0.1, -0.05) is 6.07 Å². The minimum atomic E-state index is 0.280. The van der Waals surface area contributed by atoms with E-state index in [-0.39, 0.29) is 5.92 Å². The van der Waals surface area contributed by atoms with E-state index in [2.05, 4.69) is 4.98 Å². The van der Waals surface area contributed by atoms with Crippen molar-refractivity contribution in [3.8, 4) is 0 Å². The fourth-order valence-corrected chi connectivity index (χ4v) is 3.39. The highest BCUT2D eigenvalue weighted by molar-refractivity contribution is 6.01. The smallest absolute Gasteiger partial charge is 0.165 e. The van der Waals surface area contributed by atoms with Crippen LogP contribution in [0.4, 0.5) is 0 Å². The molecule has 2 aliphatic carbocycles. The Morgan fingerprint density at radius 1 is 1.11 bits per heavy atom. The zero-order valence-electron chi connectivity index (χ0n) is 10.2. The van der Waals surface area contributed by atoms with E-state index in [1.165, 1.54) is 6.42 Å². The first-order valence-electron chi connectivity index (χ1n) is 6.70. The average Bonchev–Trinajstić information content (AvgIpc) is 3.04. The van der Waals surface area contributed by atoms with Gasteiger partial charge in [-0.25, -0.2) is 0 Å². The fraction of sp³-hybridized carbons (Fsp3) is 0.375. The van der Waals surface area contributed by atoms with Gasteiger partial charge in [0.25, 0.3) is 0 Å². The average molecular weight is 237 g/mol. The number of carbonyl (C=O) groups excluding carboxylic acids is 1. The van der Waals surface area contributed by atoms with Crippen LogP contribution in [0, 0.1) is 17.8 Å². The lowest BCUT2D eigenvalue weighted by Crippen LogP contribution is -2.12. The highest BCUT2D eigenvalue weighted by Crippen LogP contribution is 2.54. The van der Waals surface area contributed by atoms with Crippen molar-refractivity contribution in [2.75, 3.05) is 0 Å². The molecule has 2 heteroatoms. The van der Waals surface area contributed by atoms with E-state index in [4.69, 9.17) is 0 Å². The van der Waals surface area contributed by atoms with E-state index < -0.39 is 0 Å². The van der Waals surface area contributed by atoms with Crippen LogP contribution in [0.2, 0.25) is 0 Å². The van der Waals surface area contributed by atoms with Crippen molar-refractivity contribution in [3.05, 3.63) is 42.1 Å². The first kappa shape index (κ1) is 10.2. The molecule has 1 aromatic heterocycles. The molecule has 0 N–H and O–H groups in total. The van der Waals surface area contributed by atoms with Crippen molar-refractivity contribution >= 4 is 16.7 Å². The Labute approximate surface area is 106 Å². The van der Waals surface area contributed by atoms with Gasteiger partial charge in [0.05, 0.1) is 5.52 Å². The van der Waals surface area contributed by atoms with Gasteiger partial charge in [0, 0.05) is 23.1 Å². The van der Waals surface area contributed by atoms with Crippen LogP contribution in [0.3, 0.4) is 0 Å². The highest BCUT2D eigenvalue weighted by Gasteiger charge is 2.47. The fourth-order valence-electron chi connectivity index (χ4n) is 3.39. The number of aromatic nitrogens is 1. The minimum Gasteiger partial charge on any atom is -0.294 e. The quantitative estimate of drug-likeness (QED) is 0.749. The number of rotatable bonds is 2. The third-order valence-electron chi connectivity index (χ3n) is 4.50. The van der Waals surface area contributed by atoms with Gasteiger partial charge >= 0.3 is 0 Å². The maximum Gasteiger partial charge on any atom is 0.165 e. The van der Waals surface area contributed by atoms with Crippen molar-refractivity contribution in [2.24, 2.45) is 17.8 Å². The summed E-state index contributed by atoms with van der Waals surface area (Å²) >= 11 is 0. The molecule has 2 aliphatic rings. The normalized spacial score (nSPS) is 29.2. The van der Waals surface area contributed by atoms with Crippen LogP contribution < -0.4 is 0 Å². The second kappa shape index (κ2) is 3.64. The Morgan fingerprint density at radius 3 is 2.78 bits per heavy atom. The van der Waals surface area contributed by atoms with Gasteiger partial charge in [-0.3, -0.25) is 9.78 Å². The van der Waals surface area contributed by atoms with E-state index in [9.17, 15) is 4.79 Å². The summed E-state index contributed by atoms with van der Waals surface area (Å²) in [5.41, 5.74) is 1.82. The third kappa shape index (κ3) is 1.56. The Hall–Kier alpha value is -1.70. The van der Waals surface area contributed by atoms with E-state index in [0.29, 0.717) is 5.78 Å². The Morgan fingerprint density at radius 2 is 1.94 bits per heavy atom. The third-order valence-corrected chi connectivity index (χ3v) is 4.50. The van der Waals surface area contributed by atoms with E-state index in [1.807, 2.05) is 30.3 Å². The van der Waals surface area contributed by atoms with Crippen molar-refractivity contribution in [1.29, 1.82) is 0 Å². The lowest BCUT2D eigenvalue weighted by Gasteiger charge is -2.10. The van der Waals surface area contributed by atoms with Gasteiger partial charge in [0.15, 0.2) is 5.78 Å². The summed E-state index contributed by atoms with van der Waals surface area (Å²) in [6.07, 6.45) is 5.39. The zero-order valence-corrected chi connectivity index (χ0v) is 10.2. The second-order valence-corrected chi connectivity index (χ2v) is 5.70. The molecule has 0 aliphatic heterocycles. The van der Waals surface area contributed by atoms with Crippen LogP contribution in [0.5, 0.6) is 0 Å². The summed E-state index contributed by atoms with van der Waals surface area (Å²) < 4.78 is 0. The van der Waals surface area contributed by atoms with Crippen molar-refractivity contribution in [1.82, 2.24) is 4.98 Å². The SMILES string of the molecule is O=C(c1ccc2ncccc2c1)C1CC2CC2C1. The number of hydrogen-bond donors (Lipinski definition) is 0. The molecule has 2 aromatic rings. The number of benzene rings is 1.